The quantitative estimate of drug-likeness (QED) is 0.413. The normalized spacial score (nSPS) is 14.8. The number of nitrogens with zero attached hydrogens (tertiary/aromatic N) is 1. The lowest BCUT2D eigenvalue weighted by Crippen LogP contribution is -2.39. The lowest BCUT2D eigenvalue weighted by Gasteiger charge is -2.16. The van der Waals surface area contributed by atoms with E-state index in [-0.39, 0.29) is 17.8 Å². The second-order valence-corrected chi connectivity index (χ2v) is 7.56. The van der Waals surface area contributed by atoms with Gasteiger partial charge in [-0.05, 0) is 61.6 Å². The molecule has 2 aromatic carbocycles. The van der Waals surface area contributed by atoms with Gasteiger partial charge in [0.1, 0.15) is 11.6 Å². The summed E-state index contributed by atoms with van der Waals surface area (Å²) < 4.78 is 18.9. The fraction of sp³-hybridized carbons (Fsp3) is 0.391. The third kappa shape index (κ3) is 6.20. The van der Waals surface area contributed by atoms with E-state index in [2.05, 4.69) is 10.6 Å². The number of primary amides is 1. The second kappa shape index (κ2) is 10.1. The molecule has 160 valence electrons. The van der Waals surface area contributed by atoms with E-state index in [4.69, 9.17) is 15.5 Å². The zero-order valence-electron chi connectivity index (χ0n) is 17.3. The molecule has 0 unspecified atom stereocenters. The molecule has 30 heavy (non-hydrogen) atoms. The average Bonchev–Trinajstić information content (AvgIpc) is 3.53. The van der Waals surface area contributed by atoms with E-state index in [1.54, 1.807) is 12.1 Å². The predicted octanol–water partition coefficient (Wildman–Crippen LogP) is 2.52. The molecule has 2 aromatic rings. The Kier molecular flexibility index (Phi) is 7.27. The number of guanidine groups is 1. The van der Waals surface area contributed by atoms with E-state index in [0.717, 1.165) is 49.4 Å². The number of aliphatic imine (C=N–C) groups is 1. The lowest BCUT2D eigenvalue weighted by molar-refractivity contribution is -0.119. The Bertz CT molecular complexity index is 879. The van der Waals surface area contributed by atoms with Gasteiger partial charge in [-0.15, -0.1) is 0 Å². The summed E-state index contributed by atoms with van der Waals surface area (Å²) in [6.07, 6.45) is 2.88. The van der Waals surface area contributed by atoms with Crippen molar-refractivity contribution in [2.45, 2.75) is 31.6 Å². The topological polar surface area (TPSA) is 88.7 Å². The van der Waals surface area contributed by atoms with E-state index in [1.165, 1.54) is 6.07 Å². The van der Waals surface area contributed by atoms with Gasteiger partial charge in [0.2, 0.25) is 0 Å². The molecule has 1 fully saturated rings. The third-order valence-electron chi connectivity index (χ3n) is 5.19. The highest BCUT2D eigenvalue weighted by molar-refractivity contribution is 5.79. The zero-order chi connectivity index (χ0) is 21.4. The molecule has 0 radical (unpaired) electrons. The molecule has 0 heterocycles. The van der Waals surface area contributed by atoms with E-state index in [9.17, 15) is 9.18 Å². The van der Waals surface area contributed by atoms with Crippen LogP contribution in [0.4, 0.5) is 4.39 Å². The first-order valence-electron chi connectivity index (χ1n) is 10.3. The summed E-state index contributed by atoms with van der Waals surface area (Å²) in [7, 11) is 0. The van der Waals surface area contributed by atoms with Crippen molar-refractivity contribution in [2.75, 3.05) is 26.2 Å². The molecule has 1 amide bonds. The molecule has 0 saturated heterocycles. The van der Waals surface area contributed by atoms with Gasteiger partial charge in [0, 0.05) is 18.5 Å². The van der Waals surface area contributed by atoms with Crippen molar-refractivity contribution < 1.29 is 13.9 Å². The van der Waals surface area contributed by atoms with E-state index >= 15 is 0 Å². The highest BCUT2D eigenvalue weighted by atomic mass is 19.1. The number of nitrogens with two attached hydrogens (primary N) is 1. The Morgan fingerprint density at radius 3 is 2.60 bits per heavy atom. The molecule has 0 aliphatic heterocycles. The third-order valence-corrected chi connectivity index (χ3v) is 5.19. The molecule has 7 heteroatoms. The molecule has 0 spiro atoms. The van der Waals surface area contributed by atoms with Gasteiger partial charge < -0.3 is 21.1 Å². The summed E-state index contributed by atoms with van der Waals surface area (Å²) in [4.78, 5) is 15.5. The highest BCUT2D eigenvalue weighted by Gasteiger charge is 2.44. The number of hydrogen-bond acceptors (Lipinski definition) is 3. The van der Waals surface area contributed by atoms with E-state index in [1.807, 2.05) is 37.3 Å². The molecule has 1 saturated carbocycles. The molecule has 1 aliphatic rings. The molecular weight excluding hydrogens is 383 g/mol. The van der Waals surface area contributed by atoms with Gasteiger partial charge >= 0.3 is 0 Å². The predicted molar refractivity (Wildman–Crippen MR) is 116 cm³/mol. The Morgan fingerprint density at radius 2 is 1.97 bits per heavy atom. The van der Waals surface area contributed by atoms with Crippen LogP contribution in [0.1, 0.15) is 30.9 Å². The number of nitrogens with one attached hydrogen (secondary N) is 2. The first-order chi connectivity index (χ1) is 14.5. The van der Waals surface area contributed by atoms with Crippen molar-refractivity contribution in [2.24, 2.45) is 10.7 Å². The monoisotopic (exact) mass is 412 g/mol. The van der Waals surface area contributed by atoms with Gasteiger partial charge in [-0.25, -0.2) is 4.39 Å². The van der Waals surface area contributed by atoms with Crippen LogP contribution in [0.25, 0.3) is 0 Å². The first-order valence-corrected chi connectivity index (χ1v) is 10.3. The van der Waals surface area contributed by atoms with Gasteiger partial charge in [-0.2, -0.15) is 0 Å². The summed E-state index contributed by atoms with van der Waals surface area (Å²) in [5.41, 5.74) is 7.21. The van der Waals surface area contributed by atoms with Crippen molar-refractivity contribution in [3.63, 3.8) is 0 Å². The van der Waals surface area contributed by atoms with Crippen LogP contribution in [0.5, 0.6) is 5.75 Å². The van der Waals surface area contributed by atoms with Crippen LogP contribution in [0.3, 0.4) is 0 Å². The summed E-state index contributed by atoms with van der Waals surface area (Å²) in [6, 6.07) is 14.4. The standard InChI is InChI=1S/C23H29FN4O2/c1-2-26-22(28-16-23(11-12-23)18-4-3-5-19(24)14-18)27-13-10-17-6-8-20(9-7-17)30-15-21(25)29/h3-9,14H,2,10-13,15-16H2,1H3,(H2,25,29)(H2,26,27,28). The number of carbonyl (C=O) groups excluding carboxylic acids is 1. The fourth-order valence-corrected chi connectivity index (χ4v) is 3.31. The number of hydrogen-bond donors (Lipinski definition) is 3. The van der Waals surface area contributed by atoms with E-state index < -0.39 is 5.91 Å². The molecule has 0 aromatic heterocycles. The number of rotatable bonds is 10. The lowest BCUT2D eigenvalue weighted by atomic mass is 9.96. The number of halogens is 1. The van der Waals surface area contributed by atoms with Crippen LogP contribution in [0, 0.1) is 5.82 Å². The Labute approximate surface area is 176 Å². The van der Waals surface area contributed by atoms with Gasteiger partial charge in [-0.1, -0.05) is 24.3 Å². The minimum absolute atomic E-state index is 0.0365. The molecule has 6 nitrogen and oxygen atoms in total. The Morgan fingerprint density at radius 1 is 1.20 bits per heavy atom. The number of ether oxygens (including phenoxy) is 1. The second-order valence-electron chi connectivity index (χ2n) is 7.56. The molecule has 1 aliphatic carbocycles. The van der Waals surface area contributed by atoms with Crippen LogP contribution in [0.15, 0.2) is 53.5 Å². The van der Waals surface area contributed by atoms with Crippen molar-refractivity contribution >= 4 is 11.9 Å². The van der Waals surface area contributed by atoms with Gasteiger partial charge in [0.25, 0.3) is 5.91 Å². The van der Waals surface area contributed by atoms with Crippen molar-refractivity contribution in [3.8, 4) is 5.75 Å². The van der Waals surface area contributed by atoms with E-state index in [0.29, 0.717) is 12.3 Å². The first kappa shape index (κ1) is 21.6. The number of carbonyl (C=O) groups is 1. The fourth-order valence-electron chi connectivity index (χ4n) is 3.31. The van der Waals surface area contributed by atoms with Crippen LogP contribution in [0.2, 0.25) is 0 Å². The smallest absolute Gasteiger partial charge is 0.255 e. The maximum Gasteiger partial charge on any atom is 0.255 e. The Balaban J connectivity index is 1.51. The zero-order valence-corrected chi connectivity index (χ0v) is 17.3. The van der Waals surface area contributed by atoms with Gasteiger partial charge in [0.05, 0.1) is 6.54 Å². The van der Waals surface area contributed by atoms with Crippen molar-refractivity contribution in [3.05, 3.63) is 65.5 Å². The van der Waals surface area contributed by atoms with Crippen LogP contribution < -0.4 is 21.1 Å². The number of benzene rings is 2. The van der Waals surface area contributed by atoms with Crippen molar-refractivity contribution in [1.82, 2.24) is 10.6 Å². The number of amides is 1. The maximum atomic E-state index is 13.6. The molecule has 0 atom stereocenters. The summed E-state index contributed by atoms with van der Waals surface area (Å²) >= 11 is 0. The summed E-state index contributed by atoms with van der Waals surface area (Å²) in [5.74, 6) is 0.691. The van der Waals surface area contributed by atoms with Gasteiger partial charge in [-0.3, -0.25) is 9.79 Å². The minimum atomic E-state index is -0.496. The van der Waals surface area contributed by atoms with Gasteiger partial charge in [0.15, 0.2) is 12.6 Å². The van der Waals surface area contributed by atoms with Crippen LogP contribution >= 0.6 is 0 Å². The molecular formula is C23H29FN4O2. The summed E-state index contributed by atoms with van der Waals surface area (Å²) in [6.45, 7) is 4.03. The summed E-state index contributed by atoms with van der Waals surface area (Å²) in [5, 5.41) is 6.63. The largest absolute Gasteiger partial charge is 0.484 e. The Hall–Kier alpha value is -3.09. The van der Waals surface area contributed by atoms with Crippen LogP contribution in [-0.2, 0) is 16.6 Å². The average molecular weight is 413 g/mol. The molecule has 3 rings (SSSR count). The molecule has 4 N–H and O–H groups in total. The van der Waals surface area contributed by atoms with Crippen molar-refractivity contribution in [1.29, 1.82) is 0 Å². The minimum Gasteiger partial charge on any atom is -0.484 e. The molecule has 0 bridgehead atoms. The maximum absolute atomic E-state index is 13.6. The van der Waals surface area contributed by atoms with Crippen LogP contribution in [-0.4, -0.2) is 38.1 Å². The highest BCUT2D eigenvalue weighted by Crippen LogP contribution is 2.48. The SMILES string of the molecule is CCNC(=NCC1(c2cccc(F)c2)CC1)NCCc1ccc(OCC(N)=O)cc1.